The number of aromatic nitrogens is 3. The van der Waals surface area contributed by atoms with Crippen LogP contribution in [0.4, 0.5) is 10.2 Å². The summed E-state index contributed by atoms with van der Waals surface area (Å²) in [6, 6.07) is 6.94. The van der Waals surface area contributed by atoms with Crippen LogP contribution in [0.5, 0.6) is 5.75 Å². The van der Waals surface area contributed by atoms with Gasteiger partial charge < -0.3 is 14.2 Å². The van der Waals surface area contributed by atoms with Crippen LogP contribution < -0.4 is 9.04 Å². The van der Waals surface area contributed by atoms with Gasteiger partial charge in [0.05, 0.1) is 17.1 Å². The van der Waals surface area contributed by atoms with Crippen molar-refractivity contribution in [3.05, 3.63) is 63.3 Å². The normalized spacial score (nSPS) is 20.8. The standard InChI is InChI=1S/C24H24Cl2FN5O4S2/c25-14-2-3-15(16(27)12-14)21-22-17(28-24-31(22)9-10-37-24)6-8-30(21)20(33)13-36-18-4-5-19(29-23(18)26)32-7-1-11-38(32,34)35/h2-5,12,21,34-35H,1,6-11,13H2/t21-/m0/s1. The number of fused-ring (bicyclic) bond motifs is 3. The number of carbonyl (C=O) groups is 1. The number of ether oxygens (including phenoxy) is 1. The Labute approximate surface area is 234 Å². The van der Waals surface area contributed by atoms with Crippen molar-refractivity contribution in [1.29, 1.82) is 0 Å². The van der Waals surface area contributed by atoms with E-state index >= 15 is 4.39 Å². The molecular weight excluding hydrogens is 576 g/mol. The van der Waals surface area contributed by atoms with E-state index in [-0.39, 0.29) is 34.2 Å². The number of rotatable bonds is 5. The van der Waals surface area contributed by atoms with Crippen LogP contribution in [0.3, 0.4) is 0 Å². The fourth-order valence-corrected chi connectivity index (χ4v) is 8.05. The first kappa shape index (κ1) is 26.0. The SMILES string of the molecule is O=C(COc1ccc(N2CCCS2(O)O)nc1Cl)N1CCc2nc3n(c2[C@@H]1c1ccc(Cl)cc1F)CCS3. The lowest BCUT2D eigenvalue weighted by molar-refractivity contribution is -0.135. The Morgan fingerprint density at radius 2 is 2.03 bits per heavy atom. The fraction of sp³-hybridized carbons (Fsp3) is 0.375. The average Bonchev–Trinajstić information content (AvgIpc) is 3.56. The summed E-state index contributed by atoms with van der Waals surface area (Å²) >= 11 is 14.0. The smallest absolute Gasteiger partial charge is 0.261 e. The first-order valence-electron chi connectivity index (χ1n) is 12.0. The van der Waals surface area contributed by atoms with Gasteiger partial charge >= 0.3 is 0 Å². The summed E-state index contributed by atoms with van der Waals surface area (Å²) < 4.78 is 44.9. The maximum Gasteiger partial charge on any atom is 0.261 e. The van der Waals surface area contributed by atoms with Crippen LogP contribution in [0.1, 0.15) is 29.4 Å². The zero-order valence-electron chi connectivity index (χ0n) is 20.0. The van der Waals surface area contributed by atoms with Crippen LogP contribution in [-0.2, 0) is 17.8 Å². The van der Waals surface area contributed by atoms with Crippen molar-refractivity contribution in [2.75, 3.05) is 35.5 Å². The molecule has 0 spiro atoms. The minimum Gasteiger partial charge on any atom is -0.481 e. The first-order valence-corrected chi connectivity index (χ1v) is 15.4. The summed E-state index contributed by atoms with van der Waals surface area (Å²) in [7, 11) is -2.91. The molecule has 2 aromatic heterocycles. The molecule has 3 aliphatic heterocycles. The molecule has 1 fully saturated rings. The number of pyridine rings is 1. The topological polar surface area (TPSA) is 104 Å². The van der Waals surface area contributed by atoms with E-state index in [0.29, 0.717) is 37.3 Å². The number of hydrogen-bond acceptors (Lipinski definition) is 8. The van der Waals surface area contributed by atoms with Crippen LogP contribution >= 0.6 is 45.7 Å². The lowest BCUT2D eigenvalue weighted by atomic mass is 9.94. The van der Waals surface area contributed by atoms with Crippen LogP contribution in [0, 0.1) is 5.82 Å². The van der Waals surface area contributed by atoms with Crippen molar-refractivity contribution in [2.24, 2.45) is 0 Å². The summed E-state index contributed by atoms with van der Waals surface area (Å²) in [4.78, 5) is 24.1. The lowest BCUT2D eigenvalue weighted by Gasteiger charge is -2.37. The highest BCUT2D eigenvalue weighted by molar-refractivity contribution is 8.25. The number of benzene rings is 1. The van der Waals surface area contributed by atoms with E-state index in [2.05, 4.69) is 9.55 Å². The van der Waals surface area contributed by atoms with E-state index in [1.807, 2.05) is 0 Å². The van der Waals surface area contributed by atoms with Gasteiger partial charge in [-0.15, -0.1) is 10.8 Å². The van der Waals surface area contributed by atoms with Crippen molar-refractivity contribution in [3.63, 3.8) is 0 Å². The van der Waals surface area contributed by atoms with Crippen LogP contribution in [0.15, 0.2) is 35.5 Å². The van der Waals surface area contributed by atoms with E-state index in [0.717, 1.165) is 28.8 Å². The monoisotopic (exact) mass is 599 g/mol. The molecule has 0 aliphatic carbocycles. The highest BCUT2D eigenvalue weighted by atomic mass is 35.5. The molecule has 9 nitrogen and oxygen atoms in total. The second-order valence-electron chi connectivity index (χ2n) is 9.17. The van der Waals surface area contributed by atoms with Gasteiger partial charge in [0.2, 0.25) is 0 Å². The van der Waals surface area contributed by atoms with Gasteiger partial charge in [-0.1, -0.05) is 41.0 Å². The number of imidazole rings is 1. The van der Waals surface area contributed by atoms with Crippen molar-refractivity contribution in [1.82, 2.24) is 19.4 Å². The second kappa shape index (κ2) is 10.1. The zero-order valence-corrected chi connectivity index (χ0v) is 23.2. The lowest BCUT2D eigenvalue weighted by Crippen LogP contribution is -2.44. The average molecular weight is 601 g/mol. The van der Waals surface area contributed by atoms with Crippen molar-refractivity contribution in [2.45, 2.75) is 30.6 Å². The summed E-state index contributed by atoms with van der Waals surface area (Å²) in [5, 5.41) is 1.16. The highest BCUT2D eigenvalue weighted by Gasteiger charge is 2.39. The molecule has 6 rings (SSSR count). The Kier molecular flexibility index (Phi) is 6.90. The number of nitrogens with zero attached hydrogens (tertiary/aromatic N) is 5. The van der Waals surface area contributed by atoms with Crippen LogP contribution in [0.25, 0.3) is 0 Å². The summed E-state index contributed by atoms with van der Waals surface area (Å²) in [5.41, 5.74) is 2.03. The molecule has 202 valence electrons. The number of amides is 1. The molecule has 3 aliphatic rings. The molecule has 0 saturated carbocycles. The molecule has 1 amide bonds. The van der Waals surface area contributed by atoms with E-state index in [9.17, 15) is 13.9 Å². The molecular formula is C24H24Cl2FN5O4S2. The van der Waals surface area contributed by atoms with E-state index in [1.165, 1.54) is 10.4 Å². The quantitative estimate of drug-likeness (QED) is 0.383. The van der Waals surface area contributed by atoms with Crippen molar-refractivity contribution < 1.29 is 23.0 Å². The molecule has 1 saturated heterocycles. The van der Waals surface area contributed by atoms with Gasteiger partial charge in [0.15, 0.2) is 22.7 Å². The van der Waals surface area contributed by atoms with Crippen LogP contribution in [-0.4, -0.2) is 65.6 Å². The van der Waals surface area contributed by atoms with Crippen molar-refractivity contribution in [3.8, 4) is 5.75 Å². The Bertz CT molecular complexity index is 1420. The second-order valence-corrected chi connectivity index (χ2v) is 13.1. The Balaban J connectivity index is 1.25. The van der Waals surface area contributed by atoms with Crippen molar-refractivity contribution >= 4 is 57.5 Å². The molecule has 1 aromatic carbocycles. The van der Waals surface area contributed by atoms with Gasteiger partial charge in [0.25, 0.3) is 5.91 Å². The molecule has 38 heavy (non-hydrogen) atoms. The molecule has 2 N–H and O–H groups in total. The minimum atomic E-state index is -2.91. The number of carbonyl (C=O) groups excluding carboxylic acids is 1. The highest BCUT2D eigenvalue weighted by Crippen LogP contribution is 2.50. The maximum atomic E-state index is 15.2. The maximum absolute atomic E-state index is 15.2. The zero-order chi connectivity index (χ0) is 26.6. The molecule has 3 aromatic rings. The first-order chi connectivity index (χ1) is 18.2. The summed E-state index contributed by atoms with van der Waals surface area (Å²) in [6.45, 7) is 1.21. The number of hydrogen-bond donors (Lipinski definition) is 2. The summed E-state index contributed by atoms with van der Waals surface area (Å²) in [5.74, 6) is 0.839. The van der Waals surface area contributed by atoms with Gasteiger partial charge in [-0.05, 0) is 30.7 Å². The summed E-state index contributed by atoms with van der Waals surface area (Å²) in [6.07, 6.45) is 1.19. The van der Waals surface area contributed by atoms with E-state index in [1.54, 1.807) is 40.9 Å². The molecule has 5 heterocycles. The van der Waals surface area contributed by atoms with Gasteiger partial charge in [-0.3, -0.25) is 18.2 Å². The number of halogens is 3. The molecule has 14 heteroatoms. The Morgan fingerprint density at radius 3 is 2.76 bits per heavy atom. The van der Waals surface area contributed by atoms with Gasteiger partial charge in [-0.2, -0.15) is 0 Å². The molecule has 0 unspecified atom stereocenters. The van der Waals surface area contributed by atoms with E-state index in [4.69, 9.17) is 32.9 Å². The van der Waals surface area contributed by atoms with Gasteiger partial charge in [-0.25, -0.2) is 14.4 Å². The van der Waals surface area contributed by atoms with E-state index < -0.39 is 22.6 Å². The minimum absolute atomic E-state index is 0.00395. The fourth-order valence-electron chi connectivity index (χ4n) is 5.15. The molecule has 1 atom stereocenters. The Hall–Kier alpha value is -2.22. The van der Waals surface area contributed by atoms with Gasteiger partial charge in [0, 0.05) is 42.4 Å². The number of thioether (sulfide) groups is 1. The third kappa shape index (κ3) is 4.61. The van der Waals surface area contributed by atoms with Gasteiger partial charge in [0.1, 0.15) is 17.7 Å². The third-order valence-corrected chi connectivity index (χ3v) is 10.2. The molecule has 0 bridgehead atoms. The predicted molar refractivity (Wildman–Crippen MR) is 146 cm³/mol. The Morgan fingerprint density at radius 1 is 1.18 bits per heavy atom. The largest absolute Gasteiger partial charge is 0.481 e. The van der Waals surface area contributed by atoms with Crippen LogP contribution in [0.2, 0.25) is 10.2 Å². The predicted octanol–water partition coefficient (Wildman–Crippen LogP) is 5.26. The number of anilines is 1. The molecule has 0 radical (unpaired) electrons. The third-order valence-electron chi connectivity index (χ3n) is 6.87.